The van der Waals surface area contributed by atoms with Gasteiger partial charge in [0.15, 0.2) is 0 Å². The average Bonchev–Trinajstić information content (AvgIpc) is 2.97. The molecule has 0 aromatic rings. The van der Waals surface area contributed by atoms with Gasteiger partial charge >= 0.3 is 5.97 Å². The van der Waals surface area contributed by atoms with E-state index in [9.17, 15) is 4.79 Å². The number of carbonyl (C=O) groups excluding carboxylic acids is 1. The SMILES string of the molecule is CC/C=C\C/C=C\C/C=C\C/C=C\CCCCCCCCC(=O)OC/C=C(C)/C=C/C=C(C)/C=C/C1=C(C)CCCC1(C)C. The highest BCUT2D eigenvalue weighted by Crippen LogP contribution is 2.40. The van der Waals surface area contributed by atoms with Gasteiger partial charge in [-0.1, -0.05) is 142 Å². The standard InChI is InChI=1S/C42H64O2/c1-7-8-9-10-11-12-13-14-15-16-17-18-19-20-21-22-23-24-25-31-41(43)44-36-34-38(3)29-26-28-37(2)32-33-40-39(4)30-27-35-42(40,5)6/h8-9,11-12,14-15,17-18,26,28-29,32-34H,7,10,13,16,19-25,27,30-31,35-36H2,1-6H3/b9-8-,12-11-,15-14-,18-17-,29-26+,33-32+,37-28+,38-34+. The zero-order valence-electron chi connectivity index (χ0n) is 29.2. The summed E-state index contributed by atoms with van der Waals surface area (Å²) in [7, 11) is 0. The van der Waals surface area contributed by atoms with Gasteiger partial charge in [-0.25, -0.2) is 0 Å². The Hall–Kier alpha value is -2.87. The summed E-state index contributed by atoms with van der Waals surface area (Å²) >= 11 is 0. The maximum Gasteiger partial charge on any atom is 0.306 e. The maximum absolute atomic E-state index is 12.1. The number of hydrogen-bond acceptors (Lipinski definition) is 2. The summed E-state index contributed by atoms with van der Waals surface area (Å²) in [6, 6.07) is 0. The van der Waals surface area contributed by atoms with E-state index in [1.165, 1.54) is 61.7 Å². The fraction of sp³-hybridized carbons (Fsp3) is 0.548. The third kappa shape index (κ3) is 20.9. The van der Waals surface area contributed by atoms with Crippen LogP contribution in [0.1, 0.15) is 138 Å². The number of rotatable bonds is 22. The molecule has 0 fully saturated rings. The van der Waals surface area contributed by atoms with Gasteiger partial charge in [0.1, 0.15) is 6.61 Å². The predicted molar refractivity (Wildman–Crippen MR) is 195 cm³/mol. The van der Waals surface area contributed by atoms with Crippen LogP contribution in [0.3, 0.4) is 0 Å². The lowest BCUT2D eigenvalue weighted by molar-refractivity contribution is -0.142. The van der Waals surface area contributed by atoms with Gasteiger partial charge < -0.3 is 4.74 Å². The molecule has 1 aliphatic carbocycles. The van der Waals surface area contributed by atoms with Crippen molar-refractivity contribution in [3.05, 3.63) is 107 Å². The van der Waals surface area contributed by atoms with Crippen molar-refractivity contribution in [2.45, 2.75) is 138 Å². The van der Waals surface area contributed by atoms with Crippen molar-refractivity contribution in [3.63, 3.8) is 0 Å². The summed E-state index contributed by atoms with van der Waals surface area (Å²) in [6.07, 6.45) is 47.4. The Morgan fingerprint density at radius 3 is 2.07 bits per heavy atom. The Kier molecular flexibility index (Phi) is 22.7. The van der Waals surface area contributed by atoms with Gasteiger partial charge in [0.05, 0.1) is 0 Å². The first-order chi connectivity index (χ1) is 21.3. The summed E-state index contributed by atoms with van der Waals surface area (Å²) in [5.41, 5.74) is 5.62. The van der Waals surface area contributed by atoms with Gasteiger partial charge in [-0.15, -0.1) is 0 Å². The topological polar surface area (TPSA) is 26.3 Å². The summed E-state index contributed by atoms with van der Waals surface area (Å²) < 4.78 is 5.41. The molecular formula is C42H64O2. The second kappa shape index (κ2) is 25.5. The van der Waals surface area contributed by atoms with Gasteiger partial charge in [-0.3, -0.25) is 4.79 Å². The molecule has 1 rings (SSSR count). The second-order valence-electron chi connectivity index (χ2n) is 12.8. The van der Waals surface area contributed by atoms with Crippen LogP contribution in [0.2, 0.25) is 0 Å². The molecule has 244 valence electrons. The number of unbranched alkanes of at least 4 members (excludes halogenated alkanes) is 6. The van der Waals surface area contributed by atoms with E-state index in [1.54, 1.807) is 0 Å². The van der Waals surface area contributed by atoms with E-state index >= 15 is 0 Å². The first-order valence-electron chi connectivity index (χ1n) is 17.4. The molecule has 0 aromatic carbocycles. The third-order valence-electron chi connectivity index (χ3n) is 8.14. The van der Waals surface area contributed by atoms with Crippen molar-refractivity contribution in [2.24, 2.45) is 5.41 Å². The Morgan fingerprint density at radius 1 is 0.795 bits per heavy atom. The molecule has 0 saturated heterocycles. The van der Waals surface area contributed by atoms with Crippen molar-refractivity contribution < 1.29 is 9.53 Å². The normalized spacial score (nSPS) is 16.8. The minimum absolute atomic E-state index is 0.0894. The van der Waals surface area contributed by atoms with Crippen molar-refractivity contribution in [1.82, 2.24) is 0 Å². The third-order valence-corrected chi connectivity index (χ3v) is 8.14. The smallest absolute Gasteiger partial charge is 0.306 e. The Balaban J connectivity index is 2.08. The molecule has 0 aliphatic heterocycles. The molecule has 1 aliphatic rings. The molecule has 0 atom stereocenters. The molecular weight excluding hydrogens is 536 g/mol. The van der Waals surface area contributed by atoms with Crippen LogP contribution >= 0.6 is 0 Å². The lowest BCUT2D eigenvalue weighted by atomic mass is 9.72. The van der Waals surface area contributed by atoms with E-state index in [0.29, 0.717) is 13.0 Å². The molecule has 0 spiro atoms. The number of allylic oxidation sites excluding steroid dienone is 17. The van der Waals surface area contributed by atoms with Crippen LogP contribution in [0.5, 0.6) is 0 Å². The minimum atomic E-state index is -0.0894. The molecule has 2 nitrogen and oxygen atoms in total. The van der Waals surface area contributed by atoms with Crippen LogP contribution in [0.4, 0.5) is 0 Å². The Labute approximate surface area is 272 Å². The first-order valence-corrected chi connectivity index (χ1v) is 17.4. The first kappa shape index (κ1) is 39.2. The van der Waals surface area contributed by atoms with Gasteiger partial charge in [-0.2, -0.15) is 0 Å². The lowest BCUT2D eigenvalue weighted by Gasteiger charge is -2.32. The van der Waals surface area contributed by atoms with Crippen molar-refractivity contribution in [1.29, 1.82) is 0 Å². The number of esters is 1. The molecule has 2 heteroatoms. The minimum Gasteiger partial charge on any atom is -0.461 e. The van der Waals surface area contributed by atoms with E-state index < -0.39 is 0 Å². The van der Waals surface area contributed by atoms with Crippen LogP contribution in [-0.4, -0.2) is 12.6 Å². The van der Waals surface area contributed by atoms with Gasteiger partial charge in [0.2, 0.25) is 0 Å². The molecule has 0 unspecified atom stereocenters. The fourth-order valence-corrected chi connectivity index (χ4v) is 5.37. The molecule has 0 N–H and O–H groups in total. The van der Waals surface area contributed by atoms with Crippen LogP contribution in [0.15, 0.2) is 107 Å². The quantitative estimate of drug-likeness (QED) is 0.0535. The van der Waals surface area contributed by atoms with Gasteiger partial charge in [0, 0.05) is 6.42 Å². The summed E-state index contributed by atoms with van der Waals surface area (Å²) in [6.45, 7) is 13.7. The van der Waals surface area contributed by atoms with E-state index in [-0.39, 0.29) is 11.4 Å². The number of ether oxygens (including phenoxy) is 1. The number of carbonyl (C=O) groups is 1. The van der Waals surface area contributed by atoms with E-state index in [0.717, 1.165) is 50.5 Å². The molecule has 0 heterocycles. The van der Waals surface area contributed by atoms with Crippen molar-refractivity contribution in [2.75, 3.05) is 6.61 Å². The zero-order valence-corrected chi connectivity index (χ0v) is 29.2. The zero-order chi connectivity index (χ0) is 32.3. The van der Waals surface area contributed by atoms with Crippen molar-refractivity contribution in [3.8, 4) is 0 Å². The van der Waals surface area contributed by atoms with Gasteiger partial charge in [0.25, 0.3) is 0 Å². The lowest BCUT2D eigenvalue weighted by Crippen LogP contribution is -2.19. The predicted octanol–water partition coefficient (Wildman–Crippen LogP) is 13.0. The molecule has 44 heavy (non-hydrogen) atoms. The monoisotopic (exact) mass is 600 g/mol. The molecule has 0 saturated carbocycles. The second-order valence-corrected chi connectivity index (χ2v) is 12.8. The Bertz CT molecular complexity index is 1070. The highest BCUT2D eigenvalue weighted by Gasteiger charge is 2.26. The van der Waals surface area contributed by atoms with Crippen LogP contribution in [0, 0.1) is 5.41 Å². The summed E-state index contributed by atoms with van der Waals surface area (Å²) in [4.78, 5) is 12.1. The Morgan fingerprint density at radius 2 is 1.41 bits per heavy atom. The molecule has 0 aromatic heterocycles. The van der Waals surface area contributed by atoms with Crippen LogP contribution < -0.4 is 0 Å². The summed E-state index contributed by atoms with van der Waals surface area (Å²) in [5.74, 6) is -0.0894. The summed E-state index contributed by atoms with van der Waals surface area (Å²) in [5, 5.41) is 0. The van der Waals surface area contributed by atoms with Crippen molar-refractivity contribution >= 4 is 5.97 Å². The largest absolute Gasteiger partial charge is 0.461 e. The van der Waals surface area contributed by atoms with E-state index in [4.69, 9.17) is 4.74 Å². The molecule has 0 radical (unpaired) electrons. The highest BCUT2D eigenvalue weighted by molar-refractivity contribution is 5.69. The molecule has 0 amide bonds. The van der Waals surface area contributed by atoms with Crippen LogP contribution in [-0.2, 0) is 9.53 Å². The van der Waals surface area contributed by atoms with E-state index in [2.05, 4.69) is 114 Å². The van der Waals surface area contributed by atoms with Crippen LogP contribution in [0.25, 0.3) is 0 Å². The maximum atomic E-state index is 12.1. The van der Waals surface area contributed by atoms with Gasteiger partial charge in [-0.05, 0) is 102 Å². The highest BCUT2D eigenvalue weighted by atomic mass is 16.5. The van der Waals surface area contributed by atoms with E-state index in [1.807, 2.05) is 13.0 Å². The molecule has 0 bridgehead atoms. The average molecular weight is 601 g/mol. The number of hydrogen-bond donors (Lipinski definition) is 0. The fourth-order valence-electron chi connectivity index (χ4n) is 5.37.